The molecule has 0 radical (unpaired) electrons. The Balaban J connectivity index is 1.98. The Bertz CT molecular complexity index is 369. The molecule has 1 heteroatoms. The van der Waals surface area contributed by atoms with Crippen LogP contribution in [0.25, 0.3) is 0 Å². The molecule has 0 aliphatic carbocycles. The summed E-state index contributed by atoms with van der Waals surface area (Å²) in [6.07, 6.45) is 1.41. The lowest BCUT2D eigenvalue weighted by Crippen LogP contribution is -2.32. The van der Waals surface area contributed by atoms with Gasteiger partial charge in [-0.05, 0) is 43.9 Å². The fraction of sp³-hybridized carbons (Fsp3) is 0.571. The quantitative estimate of drug-likeness (QED) is 0.675. The Morgan fingerprint density at radius 3 is 2.73 bits per heavy atom. The number of hydrogen-bond acceptors (Lipinski definition) is 1. The molecule has 2 fully saturated rings. The normalized spacial score (nSPS) is 38.5. The van der Waals surface area contributed by atoms with Crippen molar-refractivity contribution in [2.24, 2.45) is 5.92 Å². The average Bonchev–Trinajstić information content (AvgIpc) is 2.80. The molecule has 15 heavy (non-hydrogen) atoms. The summed E-state index contributed by atoms with van der Waals surface area (Å²) in [5, 5.41) is 0. The fourth-order valence-electron chi connectivity index (χ4n) is 3.57. The van der Waals surface area contributed by atoms with Gasteiger partial charge in [-0.3, -0.25) is 4.90 Å². The lowest BCUT2D eigenvalue weighted by Gasteiger charge is -2.30. The van der Waals surface area contributed by atoms with Gasteiger partial charge in [0.25, 0.3) is 0 Å². The van der Waals surface area contributed by atoms with Gasteiger partial charge in [0.1, 0.15) is 0 Å². The number of hydrogen-bond donors (Lipinski definition) is 0. The van der Waals surface area contributed by atoms with E-state index < -0.39 is 0 Å². The van der Waals surface area contributed by atoms with Crippen LogP contribution in [0.4, 0.5) is 0 Å². The second-order valence-electron chi connectivity index (χ2n) is 5.17. The van der Waals surface area contributed by atoms with Crippen LogP contribution in [0.1, 0.15) is 30.4 Å². The largest absolute Gasteiger partial charge is 0.300 e. The first-order chi connectivity index (χ1) is 7.27. The van der Waals surface area contributed by atoms with Crippen LogP contribution in [0.3, 0.4) is 0 Å². The van der Waals surface area contributed by atoms with Crippen molar-refractivity contribution in [1.82, 2.24) is 4.90 Å². The minimum absolute atomic E-state index is 0.754. The van der Waals surface area contributed by atoms with Crippen molar-refractivity contribution in [2.45, 2.75) is 32.2 Å². The van der Waals surface area contributed by atoms with Crippen molar-refractivity contribution in [3.05, 3.63) is 35.4 Å². The molecule has 1 nitrogen and oxygen atoms in total. The standard InChI is InChI=1S/C14H19N/c1-10-5-3-4-6-13(10)14-11(2)15-8-7-12(14)9-15/h3-6,11-12,14H,7-9H2,1-2H3. The number of piperidine rings is 1. The summed E-state index contributed by atoms with van der Waals surface area (Å²) in [5.41, 5.74) is 3.07. The molecule has 4 atom stereocenters. The van der Waals surface area contributed by atoms with Crippen molar-refractivity contribution in [2.75, 3.05) is 13.1 Å². The first kappa shape index (κ1) is 9.41. The molecule has 4 unspecified atom stereocenters. The van der Waals surface area contributed by atoms with Gasteiger partial charge in [-0.15, -0.1) is 0 Å². The summed E-state index contributed by atoms with van der Waals surface area (Å²) in [6, 6.07) is 9.68. The van der Waals surface area contributed by atoms with Gasteiger partial charge in [0.15, 0.2) is 0 Å². The molecule has 2 bridgehead atoms. The maximum atomic E-state index is 2.65. The molecule has 2 heterocycles. The van der Waals surface area contributed by atoms with Crippen LogP contribution >= 0.6 is 0 Å². The summed E-state index contributed by atoms with van der Waals surface area (Å²) in [7, 11) is 0. The number of aryl methyl sites for hydroxylation is 1. The Hall–Kier alpha value is -0.820. The van der Waals surface area contributed by atoms with Gasteiger partial charge in [0, 0.05) is 18.5 Å². The lowest BCUT2D eigenvalue weighted by atomic mass is 9.80. The van der Waals surface area contributed by atoms with Crippen LogP contribution in [-0.4, -0.2) is 24.0 Å². The van der Waals surface area contributed by atoms with E-state index in [2.05, 4.69) is 43.0 Å². The summed E-state index contributed by atoms with van der Waals surface area (Å²) < 4.78 is 0. The lowest BCUT2D eigenvalue weighted by molar-refractivity contribution is 0.256. The SMILES string of the molecule is Cc1ccccc1C1C2CCN(C2)C1C. The minimum Gasteiger partial charge on any atom is -0.300 e. The molecule has 0 amide bonds. The zero-order chi connectivity index (χ0) is 10.4. The Labute approximate surface area is 92.1 Å². The number of benzene rings is 1. The molecule has 1 aromatic rings. The third kappa shape index (κ3) is 1.33. The highest BCUT2D eigenvalue weighted by Gasteiger charge is 2.44. The number of rotatable bonds is 1. The predicted octanol–water partition coefficient (Wildman–Crippen LogP) is 2.80. The van der Waals surface area contributed by atoms with Crippen molar-refractivity contribution < 1.29 is 0 Å². The van der Waals surface area contributed by atoms with Crippen LogP contribution in [0.15, 0.2) is 24.3 Å². The van der Waals surface area contributed by atoms with Gasteiger partial charge in [0.05, 0.1) is 0 Å². The highest BCUT2D eigenvalue weighted by atomic mass is 15.2. The van der Waals surface area contributed by atoms with Crippen LogP contribution < -0.4 is 0 Å². The highest BCUT2D eigenvalue weighted by molar-refractivity contribution is 5.32. The van der Waals surface area contributed by atoms with E-state index in [1.807, 2.05) is 0 Å². The maximum absolute atomic E-state index is 2.65. The van der Waals surface area contributed by atoms with Gasteiger partial charge < -0.3 is 0 Å². The van der Waals surface area contributed by atoms with Crippen LogP contribution in [-0.2, 0) is 0 Å². The fourth-order valence-corrected chi connectivity index (χ4v) is 3.57. The summed E-state index contributed by atoms with van der Waals surface area (Å²) in [6.45, 7) is 7.31. The van der Waals surface area contributed by atoms with Crippen molar-refractivity contribution in [3.63, 3.8) is 0 Å². The smallest absolute Gasteiger partial charge is 0.0139 e. The molecule has 3 rings (SSSR count). The molecule has 80 valence electrons. The minimum atomic E-state index is 0.754. The van der Waals surface area contributed by atoms with Crippen LogP contribution in [0, 0.1) is 12.8 Å². The molecule has 2 aliphatic rings. The van der Waals surface area contributed by atoms with E-state index in [9.17, 15) is 0 Å². The topological polar surface area (TPSA) is 3.24 Å². The van der Waals surface area contributed by atoms with E-state index >= 15 is 0 Å². The van der Waals surface area contributed by atoms with Gasteiger partial charge in [-0.25, -0.2) is 0 Å². The molecule has 2 saturated heterocycles. The zero-order valence-electron chi connectivity index (χ0n) is 9.61. The van der Waals surface area contributed by atoms with Gasteiger partial charge in [0.2, 0.25) is 0 Å². The van der Waals surface area contributed by atoms with Gasteiger partial charge in [-0.2, -0.15) is 0 Å². The van der Waals surface area contributed by atoms with Gasteiger partial charge >= 0.3 is 0 Å². The van der Waals surface area contributed by atoms with E-state index in [1.54, 1.807) is 5.56 Å². The Morgan fingerprint density at radius 2 is 2.07 bits per heavy atom. The predicted molar refractivity (Wildman–Crippen MR) is 63.1 cm³/mol. The molecule has 0 aromatic heterocycles. The first-order valence-electron chi connectivity index (χ1n) is 6.07. The number of fused-ring (bicyclic) bond motifs is 2. The molecule has 0 N–H and O–H groups in total. The van der Waals surface area contributed by atoms with E-state index in [4.69, 9.17) is 0 Å². The first-order valence-corrected chi connectivity index (χ1v) is 6.07. The van der Waals surface area contributed by atoms with E-state index in [-0.39, 0.29) is 0 Å². The zero-order valence-corrected chi connectivity index (χ0v) is 9.61. The van der Waals surface area contributed by atoms with Crippen molar-refractivity contribution in [3.8, 4) is 0 Å². The average molecular weight is 201 g/mol. The highest BCUT2D eigenvalue weighted by Crippen LogP contribution is 2.45. The third-order valence-electron chi connectivity index (χ3n) is 4.41. The molecule has 2 aliphatic heterocycles. The monoisotopic (exact) mass is 201 g/mol. The van der Waals surface area contributed by atoms with E-state index in [1.165, 1.54) is 25.1 Å². The molecule has 0 saturated carbocycles. The molecule has 0 spiro atoms. The van der Waals surface area contributed by atoms with E-state index in [0.717, 1.165) is 17.9 Å². The Kier molecular flexibility index (Phi) is 2.10. The summed E-state index contributed by atoms with van der Waals surface area (Å²) in [5.74, 6) is 1.71. The molecule has 1 aromatic carbocycles. The Morgan fingerprint density at radius 1 is 1.27 bits per heavy atom. The van der Waals surface area contributed by atoms with Gasteiger partial charge in [-0.1, -0.05) is 24.3 Å². The summed E-state index contributed by atoms with van der Waals surface area (Å²) >= 11 is 0. The second kappa shape index (κ2) is 3.34. The number of nitrogens with zero attached hydrogens (tertiary/aromatic N) is 1. The molecular weight excluding hydrogens is 182 g/mol. The second-order valence-corrected chi connectivity index (χ2v) is 5.17. The van der Waals surface area contributed by atoms with Crippen molar-refractivity contribution in [1.29, 1.82) is 0 Å². The third-order valence-corrected chi connectivity index (χ3v) is 4.41. The maximum Gasteiger partial charge on any atom is 0.0139 e. The van der Waals surface area contributed by atoms with Crippen LogP contribution in [0.2, 0.25) is 0 Å². The van der Waals surface area contributed by atoms with E-state index in [0.29, 0.717) is 0 Å². The summed E-state index contributed by atoms with van der Waals surface area (Å²) in [4.78, 5) is 2.65. The van der Waals surface area contributed by atoms with Crippen molar-refractivity contribution >= 4 is 0 Å². The van der Waals surface area contributed by atoms with Crippen LogP contribution in [0.5, 0.6) is 0 Å². The molecular formula is C14H19N.